The topological polar surface area (TPSA) is 95.7 Å². The van der Waals surface area contributed by atoms with E-state index < -0.39 is 12.1 Å². The maximum atomic E-state index is 12.6. The Morgan fingerprint density at radius 3 is 2.54 bits per heavy atom. The van der Waals surface area contributed by atoms with Gasteiger partial charge in [0.05, 0.1) is 6.54 Å². The van der Waals surface area contributed by atoms with E-state index in [0.717, 1.165) is 12.8 Å². The summed E-state index contributed by atoms with van der Waals surface area (Å²) >= 11 is 0. The standard InChI is InChI=1S/C19H30N4O3/c1-13-6-5-9-19(2,3)14(13)7-8-16(24)22-10-11-23(18(20)26)15(12-22)17(25)21-4/h7-8,15H,5-6,9-12H2,1-4H3,(H2,20,26)(H,21,25). The molecule has 0 bridgehead atoms. The third-order valence-electron chi connectivity index (χ3n) is 5.46. The molecule has 0 saturated carbocycles. The summed E-state index contributed by atoms with van der Waals surface area (Å²) in [6.07, 6.45) is 6.85. The van der Waals surface area contributed by atoms with Crippen LogP contribution in [0.15, 0.2) is 23.3 Å². The molecule has 0 aromatic rings. The first-order valence-electron chi connectivity index (χ1n) is 9.12. The fourth-order valence-corrected chi connectivity index (χ4v) is 3.91. The minimum Gasteiger partial charge on any atom is -0.357 e. The predicted molar refractivity (Wildman–Crippen MR) is 100 cm³/mol. The summed E-state index contributed by atoms with van der Waals surface area (Å²) in [6.45, 7) is 7.28. The second-order valence-electron chi connectivity index (χ2n) is 7.71. The van der Waals surface area contributed by atoms with Crippen LogP contribution in [-0.4, -0.2) is 60.4 Å². The number of amides is 4. The zero-order valence-electron chi connectivity index (χ0n) is 16.2. The predicted octanol–water partition coefficient (Wildman–Crippen LogP) is 1.41. The van der Waals surface area contributed by atoms with Gasteiger partial charge in [0.2, 0.25) is 11.8 Å². The van der Waals surface area contributed by atoms with Crippen LogP contribution in [0.1, 0.15) is 40.0 Å². The maximum absolute atomic E-state index is 12.6. The number of urea groups is 1. The van der Waals surface area contributed by atoms with E-state index in [0.29, 0.717) is 6.54 Å². The molecule has 1 aliphatic carbocycles. The van der Waals surface area contributed by atoms with Crippen molar-refractivity contribution in [2.45, 2.75) is 46.1 Å². The van der Waals surface area contributed by atoms with Gasteiger partial charge in [-0.1, -0.05) is 25.5 Å². The summed E-state index contributed by atoms with van der Waals surface area (Å²) in [5.74, 6) is -0.470. The quantitative estimate of drug-likeness (QED) is 0.743. The summed E-state index contributed by atoms with van der Waals surface area (Å²) in [5.41, 5.74) is 7.96. The number of likely N-dealkylation sites (N-methyl/N-ethyl adjacent to an activating group) is 1. The minimum atomic E-state index is -0.754. The van der Waals surface area contributed by atoms with E-state index in [1.807, 2.05) is 6.08 Å². The second-order valence-corrected chi connectivity index (χ2v) is 7.71. The van der Waals surface area contributed by atoms with Crippen molar-refractivity contribution in [2.24, 2.45) is 11.1 Å². The third-order valence-corrected chi connectivity index (χ3v) is 5.46. The smallest absolute Gasteiger partial charge is 0.315 e. The Bertz CT molecular complexity index is 651. The highest BCUT2D eigenvalue weighted by Gasteiger charge is 2.35. The van der Waals surface area contributed by atoms with E-state index in [4.69, 9.17) is 5.73 Å². The molecule has 26 heavy (non-hydrogen) atoms. The highest BCUT2D eigenvalue weighted by Crippen LogP contribution is 2.40. The Balaban J connectivity index is 2.12. The Hall–Kier alpha value is -2.31. The summed E-state index contributed by atoms with van der Waals surface area (Å²) < 4.78 is 0. The molecule has 1 fully saturated rings. The van der Waals surface area contributed by atoms with Gasteiger partial charge in [0.1, 0.15) is 6.04 Å². The molecule has 4 amide bonds. The average molecular weight is 362 g/mol. The van der Waals surface area contributed by atoms with E-state index in [2.05, 4.69) is 26.1 Å². The van der Waals surface area contributed by atoms with Crippen LogP contribution in [-0.2, 0) is 9.59 Å². The van der Waals surface area contributed by atoms with Crippen molar-refractivity contribution in [3.8, 4) is 0 Å². The molecular weight excluding hydrogens is 332 g/mol. The molecule has 3 N–H and O–H groups in total. The fraction of sp³-hybridized carbons (Fsp3) is 0.632. The molecule has 144 valence electrons. The zero-order valence-corrected chi connectivity index (χ0v) is 16.2. The van der Waals surface area contributed by atoms with Crippen molar-refractivity contribution >= 4 is 17.8 Å². The van der Waals surface area contributed by atoms with Crippen LogP contribution in [0.3, 0.4) is 0 Å². The third kappa shape index (κ3) is 4.26. The average Bonchev–Trinajstić information content (AvgIpc) is 2.59. The lowest BCUT2D eigenvalue weighted by molar-refractivity contribution is -0.133. The van der Waals surface area contributed by atoms with Crippen LogP contribution in [0, 0.1) is 5.41 Å². The largest absolute Gasteiger partial charge is 0.357 e. The molecule has 2 rings (SSSR count). The lowest BCUT2D eigenvalue weighted by Gasteiger charge is -2.39. The molecule has 1 unspecified atom stereocenters. The van der Waals surface area contributed by atoms with Gasteiger partial charge < -0.3 is 20.9 Å². The van der Waals surface area contributed by atoms with Crippen LogP contribution >= 0.6 is 0 Å². The van der Waals surface area contributed by atoms with E-state index in [-0.39, 0.29) is 30.3 Å². The first kappa shape index (κ1) is 20.0. The SMILES string of the molecule is CNC(=O)C1CN(C(=O)C=CC2=C(C)CCCC2(C)C)CCN1C(N)=O. The van der Waals surface area contributed by atoms with Crippen molar-refractivity contribution in [2.75, 3.05) is 26.7 Å². The van der Waals surface area contributed by atoms with Gasteiger partial charge in [0.15, 0.2) is 0 Å². The molecule has 1 atom stereocenters. The Labute approximate surface area is 155 Å². The molecule has 0 spiro atoms. The number of nitrogens with one attached hydrogen (secondary N) is 1. The Morgan fingerprint density at radius 2 is 1.96 bits per heavy atom. The molecule has 7 nitrogen and oxygen atoms in total. The number of rotatable bonds is 3. The Kier molecular flexibility index (Phi) is 6.10. The monoisotopic (exact) mass is 362 g/mol. The Morgan fingerprint density at radius 1 is 1.27 bits per heavy atom. The molecule has 0 aromatic carbocycles. The van der Waals surface area contributed by atoms with E-state index in [1.54, 1.807) is 11.0 Å². The summed E-state index contributed by atoms with van der Waals surface area (Å²) in [4.78, 5) is 39.2. The van der Waals surface area contributed by atoms with Crippen LogP contribution in [0.5, 0.6) is 0 Å². The van der Waals surface area contributed by atoms with Gasteiger partial charge in [-0.2, -0.15) is 0 Å². The lowest BCUT2D eigenvalue weighted by Crippen LogP contribution is -2.62. The van der Waals surface area contributed by atoms with Gasteiger partial charge in [-0.15, -0.1) is 0 Å². The highest BCUT2D eigenvalue weighted by molar-refractivity contribution is 5.91. The molecular formula is C19H30N4O3. The number of nitrogens with two attached hydrogens (primary N) is 1. The number of carbonyl (C=O) groups excluding carboxylic acids is 3. The molecule has 0 aromatic heterocycles. The number of hydrogen-bond donors (Lipinski definition) is 2. The van der Waals surface area contributed by atoms with Gasteiger partial charge in [-0.3, -0.25) is 9.59 Å². The van der Waals surface area contributed by atoms with Gasteiger partial charge >= 0.3 is 6.03 Å². The van der Waals surface area contributed by atoms with Crippen molar-refractivity contribution < 1.29 is 14.4 Å². The highest BCUT2D eigenvalue weighted by atomic mass is 16.2. The normalized spacial score (nSPS) is 23.3. The molecule has 1 heterocycles. The van der Waals surface area contributed by atoms with E-state index >= 15 is 0 Å². The van der Waals surface area contributed by atoms with Gasteiger partial charge in [0.25, 0.3) is 0 Å². The lowest BCUT2D eigenvalue weighted by atomic mass is 9.72. The molecule has 1 saturated heterocycles. The number of piperazine rings is 1. The maximum Gasteiger partial charge on any atom is 0.315 e. The number of hydrogen-bond acceptors (Lipinski definition) is 3. The van der Waals surface area contributed by atoms with Gasteiger partial charge in [-0.25, -0.2) is 4.79 Å². The van der Waals surface area contributed by atoms with Gasteiger partial charge in [-0.05, 0) is 37.2 Å². The van der Waals surface area contributed by atoms with Crippen LogP contribution in [0.4, 0.5) is 4.79 Å². The van der Waals surface area contributed by atoms with E-state index in [9.17, 15) is 14.4 Å². The van der Waals surface area contributed by atoms with Crippen LogP contribution in [0.25, 0.3) is 0 Å². The van der Waals surface area contributed by atoms with Crippen molar-refractivity contribution in [3.05, 3.63) is 23.3 Å². The first-order valence-corrected chi connectivity index (χ1v) is 9.12. The van der Waals surface area contributed by atoms with Crippen molar-refractivity contribution in [3.63, 3.8) is 0 Å². The van der Waals surface area contributed by atoms with Crippen LogP contribution in [0.2, 0.25) is 0 Å². The number of allylic oxidation sites excluding steroid dienone is 3. The summed E-state index contributed by atoms with van der Waals surface area (Å²) in [6, 6.07) is -1.40. The van der Waals surface area contributed by atoms with Crippen LogP contribution < -0.4 is 11.1 Å². The number of carbonyl (C=O) groups is 3. The molecule has 1 aliphatic heterocycles. The second kappa shape index (κ2) is 7.93. The van der Waals surface area contributed by atoms with Crippen molar-refractivity contribution in [1.29, 1.82) is 0 Å². The number of primary amides is 1. The summed E-state index contributed by atoms with van der Waals surface area (Å²) in [7, 11) is 1.50. The zero-order chi connectivity index (χ0) is 19.5. The van der Waals surface area contributed by atoms with Gasteiger partial charge in [0, 0.05) is 26.2 Å². The van der Waals surface area contributed by atoms with Crippen molar-refractivity contribution in [1.82, 2.24) is 15.1 Å². The molecule has 2 aliphatic rings. The summed E-state index contributed by atoms with van der Waals surface area (Å²) in [5, 5.41) is 2.53. The fourth-order valence-electron chi connectivity index (χ4n) is 3.91. The number of nitrogens with zero attached hydrogens (tertiary/aromatic N) is 2. The first-order chi connectivity index (χ1) is 12.2. The molecule has 0 radical (unpaired) electrons. The van der Waals surface area contributed by atoms with E-state index in [1.165, 1.54) is 29.5 Å². The minimum absolute atomic E-state index is 0.0639. The molecule has 7 heteroatoms.